The molecule has 4 aliphatic rings. The third-order valence-corrected chi connectivity index (χ3v) is 9.39. The predicted octanol–water partition coefficient (Wildman–Crippen LogP) is 5.06. The third-order valence-electron chi connectivity index (χ3n) is 7.47. The predicted molar refractivity (Wildman–Crippen MR) is 156 cm³/mol. The van der Waals surface area contributed by atoms with E-state index in [2.05, 4.69) is 26.3 Å². The summed E-state index contributed by atoms with van der Waals surface area (Å²) in [6, 6.07) is 5.93. The molecule has 4 heterocycles. The van der Waals surface area contributed by atoms with Crippen LogP contribution in [0.15, 0.2) is 52.7 Å². The molecule has 0 aromatic heterocycles. The van der Waals surface area contributed by atoms with Crippen LogP contribution in [0, 0.1) is 17.5 Å². The van der Waals surface area contributed by atoms with E-state index in [0.29, 0.717) is 43.1 Å². The van der Waals surface area contributed by atoms with E-state index in [1.807, 2.05) is 17.4 Å². The second-order valence-corrected chi connectivity index (χ2v) is 12.1. The number of piperazine rings is 1. The highest BCUT2D eigenvalue weighted by Crippen LogP contribution is 2.52. The molecule has 1 fully saturated rings. The molecule has 1 atom stereocenters. The smallest absolute Gasteiger partial charge is 0.225 e. The molecule has 212 valence electrons. The van der Waals surface area contributed by atoms with E-state index < -0.39 is 28.3 Å². The highest BCUT2D eigenvalue weighted by atomic mass is 35.5. The molecule has 7 nitrogen and oxygen atoms in total. The van der Waals surface area contributed by atoms with Crippen LogP contribution in [0.4, 0.5) is 18.9 Å². The first-order valence-electron chi connectivity index (χ1n) is 12.9. The van der Waals surface area contributed by atoms with Gasteiger partial charge in [0.2, 0.25) is 5.85 Å². The molecular weight excluding hydrogens is 581 g/mol. The summed E-state index contributed by atoms with van der Waals surface area (Å²) in [6.07, 6.45) is 2.94. The van der Waals surface area contributed by atoms with Gasteiger partial charge in [-0.1, -0.05) is 35.9 Å². The Balaban J connectivity index is 1.64. The number of benzene rings is 2. The summed E-state index contributed by atoms with van der Waals surface area (Å²) in [4.78, 5) is 4.11. The van der Waals surface area contributed by atoms with Crippen molar-refractivity contribution in [3.63, 3.8) is 0 Å². The first-order valence-corrected chi connectivity index (χ1v) is 15.5. The van der Waals surface area contributed by atoms with Crippen LogP contribution in [0.2, 0.25) is 5.02 Å². The van der Waals surface area contributed by atoms with Crippen molar-refractivity contribution in [2.75, 3.05) is 51.7 Å². The van der Waals surface area contributed by atoms with Crippen LogP contribution in [-0.4, -0.2) is 62.0 Å². The molecule has 2 aromatic carbocycles. The second kappa shape index (κ2) is 11.1. The monoisotopic (exact) mass is 608 g/mol. The normalized spacial score (nSPS) is 22.6. The van der Waals surface area contributed by atoms with Gasteiger partial charge in [-0.05, 0) is 23.3 Å². The zero-order valence-electron chi connectivity index (χ0n) is 21.6. The zero-order valence-corrected chi connectivity index (χ0v) is 24.0. The number of halogens is 4. The van der Waals surface area contributed by atoms with Gasteiger partial charge in [0.25, 0.3) is 0 Å². The van der Waals surface area contributed by atoms with Crippen molar-refractivity contribution in [3.05, 3.63) is 80.8 Å². The van der Waals surface area contributed by atoms with E-state index in [1.54, 1.807) is 6.07 Å². The van der Waals surface area contributed by atoms with E-state index in [1.165, 1.54) is 40.0 Å². The van der Waals surface area contributed by atoms with E-state index in [4.69, 9.17) is 22.1 Å². The van der Waals surface area contributed by atoms with Crippen molar-refractivity contribution in [2.45, 2.75) is 12.3 Å². The van der Waals surface area contributed by atoms with Crippen LogP contribution < -0.4 is 21.1 Å². The number of nitrogens with zero attached hydrogens (tertiary/aromatic N) is 2. The lowest BCUT2D eigenvalue weighted by molar-refractivity contribution is 0.0156. The number of nitrogens with two attached hydrogens (primary N) is 1. The number of likely N-dealkylation sites (N-methyl/N-ethyl adjacent to an activating group) is 1. The number of hydrogen-bond donors (Lipinski definition) is 4. The topological polar surface area (TPSA) is 77.8 Å². The maximum atomic E-state index is 15.9. The molecule has 0 amide bonds. The Bertz CT molecular complexity index is 1450. The molecule has 0 aliphatic carbocycles. The molecule has 5 N–H and O–H groups in total. The average Bonchev–Trinajstić information content (AvgIpc) is 3.64. The maximum Gasteiger partial charge on any atom is 0.225 e. The van der Waals surface area contributed by atoms with Crippen LogP contribution in [0.3, 0.4) is 0 Å². The van der Waals surface area contributed by atoms with Crippen molar-refractivity contribution in [3.8, 4) is 11.1 Å². The zero-order chi connectivity index (χ0) is 28.0. The summed E-state index contributed by atoms with van der Waals surface area (Å²) in [5.41, 5.74) is 9.72. The largest absolute Gasteiger partial charge is 0.376 e. The summed E-state index contributed by atoms with van der Waals surface area (Å²) in [7, 11) is 4.82. The molecule has 1 unspecified atom stereocenters. The van der Waals surface area contributed by atoms with E-state index in [0.717, 1.165) is 18.7 Å². The lowest BCUT2D eigenvalue weighted by Gasteiger charge is -2.45. The fraction of sp³-hybridized carbons (Fsp3) is 0.333. The summed E-state index contributed by atoms with van der Waals surface area (Å²) in [5.74, 6) is -4.88. The Hall–Kier alpha value is -2.48. The maximum absolute atomic E-state index is 15.9. The Morgan fingerprint density at radius 1 is 1.10 bits per heavy atom. The Labute approximate surface area is 243 Å². The Morgan fingerprint density at radius 3 is 2.55 bits per heavy atom. The van der Waals surface area contributed by atoms with Gasteiger partial charge in [0.05, 0.1) is 34.3 Å². The van der Waals surface area contributed by atoms with Gasteiger partial charge in [-0.25, -0.2) is 13.2 Å². The lowest BCUT2D eigenvalue weighted by atomic mass is 9.86. The van der Waals surface area contributed by atoms with E-state index >= 15 is 13.2 Å². The van der Waals surface area contributed by atoms with Gasteiger partial charge in [-0.15, -0.1) is 0 Å². The van der Waals surface area contributed by atoms with Crippen LogP contribution in [0.25, 0.3) is 16.8 Å². The molecule has 6 rings (SSSR count). The number of ether oxygens (including phenoxy) is 1. The quantitative estimate of drug-likeness (QED) is 0.156. The molecule has 1 saturated heterocycles. The van der Waals surface area contributed by atoms with Crippen molar-refractivity contribution < 1.29 is 17.9 Å². The summed E-state index contributed by atoms with van der Waals surface area (Å²) in [6.45, 7) is 3.38. The summed E-state index contributed by atoms with van der Waals surface area (Å²) < 4.78 is 56.3. The Kier molecular flexibility index (Phi) is 7.66. The van der Waals surface area contributed by atoms with Crippen LogP contribution >= 0.6 is 33.4 Å². The molecule has 0 spiro atoms. The molecule has 0 bridgehead atoms. The Morgan fingerprint density at radius 2 is 1.88 bits per heavy atom. The highest BCUT2D eigenvalue weighted by Gasteiger charge is 2.47. The lowest BCUT2D eigenvalue weighted by Crippen LogP contribution is -2.57. The van der Waals surface area contributed by atoms with Crippen molar-refractivity contribution in [2.24, 2.45) is 5.73 Å². The van der Waals surface area contributed by atoms with Gasteiger partial charge in [-0.3, -0.25) is 5.73 Å². The van der Waals surface area contributed by atoms with Gasteiger partial charge >= 0.3 is 0 Å². The molecule has 2 aromatic rings. The average molecular weight is 609 g/mol. The number of hydrogen-bond acceptors (Lipinski definition) is 9. The SMILES string of the molecule is CN1CCC=C1COC1(N)Nc2c(F)c(F)c(Cl)c(-c3ccccc3F)c2C(N2CCNCC2)=C1C1=CSSN1. The second-order valence-electron chi connectivity index (χ2n) is 9.88. The highest BCUT2D eigenvalue weighted by molar-refractivity contribution is 8.77. The van der Waals surface area contributed by atoms with Crippen LogP contribution in [0.1, 0.15) is 12.0 Å². The molecule has 40 heavy (non-hydrogen) atoms. The fourth-order valence-corrected chi connectivity index (χ4v) is 7.30. The fourth-order valence-electron chi connectivity index (χ4n) is 5.48. The van der Waals surface area contributed by atoms with Crippen molar-refractivity contribution in [1.82, 2.24) is 19.8 Å². The van der Waals surface area contributed by atoms with Gasteiger partial charge in [0, 0.05) is 78.5 Å². The summed E-state index contributed by atoms with van der Waals surface area (Å²) >= 11 is 6.51. The number of fused-ring (bicyclic) bond motifs is 1. The van der Waals surface area contributed by atoms with Gasteiger partial charge in [0.15, 0.2) is 11.6 Å². The minimum absolute atomic E-state index is 0.0476. The third kappa shape index (κ3) is 4.74. The minimum Gasteiger partial charge on any atom is -0.376 e. The number of nitrogens with one attached hydrogen (secondary N) is 3. The summed E-state index contributed by atoms with van der Waals surface area (Å²) in [5, 5.41) is 7.70. The van der Waals surface area contributed by atoms with Gasteiger partial charge < -0.3 is 29.9 Å². The minimum atomic E-state index is -1.77. The van der Waals surface area contributed by atoms with Gasteiger partial charge in [-0.2, -0.15) is 0 Å². The number of rotatable bonds is 6. The van der Waals surface area contributed by atoms with E-state index in [9.17, 15) is 0 Å². The van der Waals surface area contributed by atoms with Crippen LogP contribution in [0.5, 0.6) is 0 Å². The van der Waals surface area contributed by atoms with Crippen LogP contribution in [-0.2, 0) is 4.74 Å². The standard InChI is InChI=1S/C27H28ClF3N6OS2/c1-36-10-4-5-15(36)13-38-27(32)21(18-14-39-40-35-18)26(37-11-8-33-9-12-37)20-19(16-6-2-3-7-17(16)29)22(28)23(30)24(31)25(20)34-27/h2-3,5-7,14,33-35H,4,8-13,32H2,1H3. The molecule has 4 aliphatic heterocycles. The molecular formula is C27H28ClF3N6OS2. The van der Waals surface area contributed by atoms with Crippen molar-refractivity contribution >= 4 is 44.8 Å². The van der Waals surface area contributed by atoms with Gasteiger partial charge in [0.1, 0.15) is 5.82 Å². The number of anilines is 1. The molecule has 0 radical (unpaired) electrons. The van der Waals surface area contributed by atoms with Crippen molar-refractivity contribution in [1.29, 1.82) is 0 Å². The first-order chi connectivity index (χ1) is 19.3. The first kappa shape index (κ1) is 27.7. The van der Waals surface area contributed by atoms with E-state index in [-0.39, 0.29) is 29.0 Å². The molecule has 13 heteroatoms. The molecule has 0 saturated carbocycles.